The van der Waals surface area contributed by atoms with Gasteiger partial charge in [-0.3, -0.25) is 9.51 Å². The number of fused-ring (bicyclic) bond motifs is 2. The molecule has 0 amide bonds. The SMILES string of the molecule is O=c1[nH]c(CC2CN3CCC2C3)no1. The van der Waals surface area contributed by atoms with Crippen LogP contribution in [-0.2, 0) is 6.42 Å². The fourth-order valence-corrected chi connectivity index (χ4v) is 2.72. The van der Waals surface area contributed by atoms with Crippen molar-refractivity contribution in [1.29, 1.82) is 0 Å². The molecular formula is C9H13N3O2. The lowest BCUT2D eigenvalue weighted by Gasteiger charge is -2.20. The van der Waals surface area contributed by atoms with Gasteiger partial charge in [-0.2, -0.15) is 0 Å². The zero-order valence-corrected chi connectivity index (χ0v) is 7.90. The zero-order valence-electron chi connectivity index (χ0n) is 7.90. The lowest BCUT2D eigenvalue weighted by molar-refractivity contribution is 0.293. The molecule has 2 aliphatic rings. The Morgan fingerprint density at radius 3 is 3.07 bits per heavy atom. The number of rotatable bonds is 2. The van der Waals surface area contributed by atoms with Gasteiger partial charge in [0.25, 0.3) is 0 Å². The van der Waals surface area contributed by atoms with Crippen LogP contribution in [0, 0.1) is 11.8 Å². The summed E-state index contributed by atoms with van der Waals surface area (Å²) in [4.78, 5) is 15.8. The van der Waals surface area contributed by atoms with Gasteiger partial charge < -0.3 is 4.90 Å². The van der Waals surface area contributed by atoms with Gasteiger partial charge in [0.05, 0.1) is 0 Å². The Bertz CT molecular complexity index is 383. The van der Waals surface area contributed by atoms with Crippen LogP contribution in [0.2, 0.25) is 0 Å². The molecule has 0 saturated carbocycles. The van der Waals surface area contributed by atoms with E-state index in [1.807, 2.05) is 0 Å². The average Bonchev–Trinajstić information content (AvgIpc) is 2.82. The summed E-state index contributed by atoms with van der Waals surface area (Å²) < 4.78 is 4.48. The molecule has 2 bridgehead atoms. The summed E-state index contributed by atoms with van der Waals surface area (Å²) in [5.74, 6) is 1.72. The first-order chi connectivity index (χ1) is 6.81. The first-order valence-electron chi connectivity index (χ1n) is 5.08. The van der Waals surface area contributed by atoms with Crippen LogP contribution in [0.4, 0.5) is 0 Å². The van der Waals surface area contributed by atoms with Gasteiger partial charge in [0.15, 0.2) is 5.82 Å². The highest BCUT2D eigenvalue weighted by molar-refractivity contribution is 4.95. The van der Waals surface area contributed by atoms with Gasteiger partial charge in [-0.15, -0.1) is 0 Å². The number of aromatic amines is 1. The predicted molar refractivity (Wildman–Crippen MR) is 48.9 cm³/mol. The molecule has 76 valence electrons. The van der Waals surface area contributed by atoms with Crippen molar-refractivity contribution >= 4 is 0 Å². The number of H-pyrrole nitrogens is 1. The first kappa shape index (κ1) is 8.23. The number of nitrogens with one attached hydrogen (secondary N) is 1. The third-order valence-corrected chi connectivity index (χ3v) is 3.41. The Labute approximate surface area is 81.1 Å². The summed E-state index contributed by atoms with van der Waals surface area (Å²) in [5, 5.41) is 3.70. The van der Waals surface area contributed by atoms with E-state index in [1.54, 1.807) is 0 Å². The minimum Gasteiger partial charge on any atom is -0.303 e. The monoisotopic (exact) mass is 195 g/mol. The van der Waals surface area contributed by atoms with Crippen molar-refractivity contribution in [2.45, 2.75) is 12.8 Å². The van der Waals surface area contributed by atoms with Crippen LogP contribution >= 0.6 is 0 Å². The summed E-state index contributed by atoms with van der Waals surface area (Å²) in [6, 6.07) is 0. The molecule has 3 heterocycles. The van der Waals surface area contributed by atoms with Crippen LogP contribution in [0.1, 0.15) is 12.2 Å². The standard InChI is InChI=1S/C9H13N3O2/c13-9-10-8(11-14-9)3-7-5-12-2-1-6(7)4-12/h6-7H,1-5H2,(H,10,11,13). The molecule has 1 aromatic rings. The van der Waals surface area contributed by atoms with Crippen LogP contribution in [0.3, 0.4) is 0 Å². The third-order valence-electron chi connectivity index (χ3n) is 3.41. The molecule has 5 heteroatoms. The van der Waals surface area contributed by atoms with Crippen LogP contribution in [0.5, 0.6) is 0 Å². The highest BCUT2D eigenvalue weighted by Crippen LogP contribution is 2.34. The molecule has 3 rings (SSSR count). The molecule has 14 heavy (non-hydrogen) atoms. The van der Waals surface area contributed by atoms with E-state index in [2.05, 4.69) is 19.6 Å². The van der Waals surface area contributed by atoms with Crippen LogP contribution < -0.4 is 5.76 Å². The number of nitrogens with zero attached hydrogens (tertiary/aromatic N) is 2. The van der Waals surface area contributed by atoms with E-state index in [1.165, 1.54) is 19.5 Å². The van der Waals surface area contributed by atoms with Gasteiger partial charge in [-0.25, -0.2) is 4.79 Å². The fourth-order valence-electron chi connectivity index (χ4n) is 2.72. The zero-order chi connectivity index (χ0) is 9.54. The highest BCUT2D eigenvalue weighted by atomic mass is 16.5. The van der Waals surface area contributed by atoms with Crippen molar-refractivity contribution in [1.82, 2.24) is 15.0 Å². The quantitative estimate of drug-likeness (QED) is 0.713. The number of aromatic nitrogens is 2. The van der Waals surface area contributed by atoms with E-state index in [4.69, 9.17) is 0 Å². The van der Waals surface area contributed by atoms with Crippen molar-refractivity contribution < 1.29 is 4.52 Å². The Hall–Kier alpha value is -1.10. The Morgan fingerprint density at radius 2 is 2.50 bits per heavy atom. The van der Waals surface area contributed by atoms with Gasteiger partial charge in [0.1, 0.15) is 0 Å². The molecule has 2 aliphatic heterocycles. The van der Waals surface area contributed by atoms with Crippen LogP contribution in [0.25, 0.3) is 0 Å². The van der Waals surface area contributed by atoms with E-state index in [0.717, 1.165) is 18.9 Å². The van der Waals surface area contributed by atoms with E-state index >= 15 is 0 Å². The van der Waals surface area contributed by atoms with Crippen LogP contribution in [-0.4, -0.2) is 34.7 Å². The number of hydrogen-bond donors (Lipinski definition) is 1. The maximum atomic E-state index is 10.7. The lowest BCUT2D eigenvalue weighted by Crippen LogP contribution is -2.25. The van der Waals surface area contributed by atoms with Gasteiger partial charge in [-0.1, -0.05) is 5.16 Å². The second-order valence-electron chi connectivity index (χ2n) is 4.31. The van der Waals surface area contributed by atoms with Crippen molar-refractivity contribution in [3.05, 3.63) is 16.4 Å². The molecular weight excluding hydrogens is 182 g/mol. The molecule has 0 radical (unpaired) electrons. The van der Waals surface area contributed by atoms with Gasteiger partial charge in [0, 0.05) is 19.5 Å². The van der Waals surface area contributed by atoms with Crippen molar-refractivity contribution in [3.63, 3.8) is 0 Å². The third kappa shape index (κ3) is 1.28. The lowest BCUT2D eigenvalue weighted by atomic mass is 9.90. The average molecular weight is 195 g/mol. The summed E-state index contributed by atoms with van der Waals surface area (Å²) in [6.45, 7) is 3.63. The summed E-state index contributed by atoms with van der Waals surface area (Å²) in [5.41, 5.74) is 0. The minimum absolute atomic E-state index is 0.441. The van der Waals surface area contributed by atoms with E-state index in [0.29, 0.717) is 11.7 Å². The molecule has 3 unspecified atom stereocenters. The van der Waals surface area contributed by atoms with Gasteiger partial charge >= 0.3 is 5.76 Å². The van der Waals surface area contributed by atoms with E-state index in [-0.39, 0.29) is 0 Å². The summed E-state index contributed by atoms with van der Waals surface area (Å²) in [7, 11) is 0. The largest absolute Gasteiger partial charge is 0.438 e. The second-order valence-corrected chi connectivity index (χ2v) is 4.31. The Morgan fingerprint density at radius 1 is 1.57 bits per heavy atom. The van der Waals surface area contributed by atoms with Crippen molar-refractivity contribution in [2.75, 3.05) is 19.6 Å². The second kappa shape index (κ2) is 2.95. The molecule has 0 aliphatic carbocycles. The van der Waals surface area contributed by atoms with Crippen LogP contribution in [0.15, 0.2) is 9.32 Å². The Kier molecular flexibility index (Phi) is 1.73. The molecule has 2 fully saturated rings. The number of hydrogen-bond acceptors (Lipinski definition) is 4. The molecule has 2 saturated heterocycles. The van der Waals surface area contributed by atoms with Crippen molar-refractivity contribution in [2.24, 2.45) is 11.8 Å². The molecule has 1 N–H and O–H groups in total. The summed E-state index contributed by atoms with van der Waals surface area (Å²) in [6.07, 6.45) is 2.15. The maximum Gasteiger partial charge on any atom is 0.438 e. The summed E-state index contributed by atoms with van der Waals surface area (Å²) >= 11 is 0. The smallest absolute Gasteiger partial charge is 0.303 e. The number of piperidine rings is 1. The molecule has 5 nitrogen and oxygen atoms in total. The molecule has 0 aromatic carbocycles. The molecule has 1 aromatic heterocycles. The van der Waals surface area contributed by atoms with E-state index in [9.17, 15) is 4.79 Å². The minimum atomic E-state index is -0.441. The molecule has 3 atom stereocenters. The molecule has 0 spiro atoms. The maximum absolute atomic E-state index is 10.7. The Balaban J connectivity index is 1.71. The first-order valence-corrected chi connectivity index (χ1v) is 5.08. The van der Waals surface area contributed by atoms with E-state index < -0.39 is 5.76 Å². The topological polar surface area (TPSA) is 62.1 Å². The van der Waals surface area contributed by atoms with Gasteiger partial charge in [0.2, 0.25) is 0 Å². The fraction of sp³-hybridized carbons (Fsp3) is 0.778. The predicted octanol–water partition coefficient (Wildman–Crippen LogP) is -0.143. The normalized spacial score (nSPS) is 35.3. The van der Waals surface area contributed by atoms with Gasteiger partial charge in [-0.05, 0) is 24.8 Å². The highest BCUT2D eigenvalue weighted by Gasteiger charge is 2.38. The van der Waals surface area contributed by atoms with Crippen molar-refractivity contribution in [3.8, 4) is 0 Å².